The van der Waals surface area contributed by atoms with Crippen LogP contribution in [-0.2, 0) is 22.7 Å². The third-order valence-electron chi connectivity index (χ3n) is 9.70. The lowest BCUT2D eigenvalue weighted by Gasteiger charge is -2.49. The third-order valence-corrected chi connectivity index (χ3v) is 9.70. The van der Waals surface area contributed by atoms with Crippen LogP contribution in [0.2, 0.25) is 0 Å². The van der Waals surface area contributed by atoms with E-state index in [1.807, 2.05) is 30.3 Å². The van der Waals surface area contributed by atoms with Gasteiger partial charge in [0.05, 0.1) is 0 Å². The Morgan fingerprint density at radius 3 is 1.93 bits per heavy atom. The zero-order valence-corrected chi connectivity index (χ0v) is 26.7. The Labute approximate surface area is 266 Å². The largest absolute Gasteiger partial charge is 0.489 e. The van der Waals surface area contributed by atoms with E-state index in [0.717, 1.165) is 57.6 Å². The Bertz CT molecular complexity index is 1820. The van der Waals surface area contributed by atoms with Crippen molar-refractivity contribution in [2.45, 2.75) is 72.4 Å². The number of hydrogen-bond acceptors (Lipinski definition) is 4. The Morgan fingerprint density at radius 2 is 1.24 bits per heavy atom. The van der Waals surface area contributed by atoms with E-state index in [1.165, 1.54) is 10.9 Å². The van der Waals surface area contributed by atoms with Crippen LogP contribution in [0, 0.1) is 10.8 Å². The Balaban J connectivity index is 1.38. The van der Waals surface area contributed by atoms with Gasteiger partial charge in [-0.2, -0.15) is 0 Å². The molecular weight excluding hydrogens is 554 g/mol. The summed E-state index contributed by atoms with van der Waals surface area (Å²) in [5, 5.41) is 2.34. The minimum atomic E-state index is -0.446. The molecule has 1 heterocycles. The predicted octanol–water partition coefficient (Wildman–Crippen LogP) is 9.30. The number of hydrogen-bond donors (Lipinski definition) is 0. The van der Waals surface area contributed by atoms with Crippen LogP contribution >= 0.6 is 0 Å². The van der Waals surface area contributed by atoms with Crippen molar-refractivity contribution in [2.24, 2.45) is 10.8 Å². The standard InChI is InChI=1S/C41H41NO3/c1-40(2)21-32-38(34(43)23-40)37(39-33(22-41(3,4)24-35(39)44)42(32)25-27-13-6-5-7-14-27)31-19-10-11-20-36(31)45-26-29-17-12-16-28-15-8-9-18-30(28)29/h5-20,37H,21-26H2,1-4H3. The summed E-state index contributed by atoms with van der Waals surface area (Å²) in [5.74, 6) is 0.550. The highest BCUT2D eigenvalue weighted by Crippen LogP contribution is 2.55. The summed E-state index contributed by atoms with van der Waals surface area (Å²) in [5.41, 5.74) is 6.51. The molecule has 45 heavy (non-hydrogen) atoms. The van der Waals surface area contributed by atoms with Crippen molar-refractivity contribution in [3.63, 3.8) is 0 Å². The smallest absolute Gasteiger partial charge is 0.162 e. The maximum Gasteiger partial charge on any atom is 0.162 e. The summed E-state index contributed by atoms with van der Waals surface area (Å²) in [4.78, 5) is 31.0. The van der Waals surface area contributed by atoms with Gasteiger partial charge in [0, 0.05) is 53.4 Å². The Morgan fingerprint density at radius 1 is 0.667 bits per heavy atom. The molecule has 2 aliphatic carbocycles. The molecule has 0 unspecified atom stereocenters. The zero-order valence-electron chi connectivity index (χ0n) is 26.7. The van der Waals surface area contributed by atoms with Crippen molar-refractivity contribution in [1.82, 2.24) is 4.90 Å². The molecule has 4 aromatic rings. The molecule has 0 fully saturated rings. The minimum absolute atomic E-state index is 0.136. The second-order valence-electron chi connectivity index (χ2n) is 14.6. The van der Waals surface area contributed by atoms with Crippen LogP contribution in [-0.4, -0.2) is 16.5 Å². The number of ketones is 2. The number of para-hydroxylation sites is 1. The lowest BCUT2D eigenvalue weighted by atomic mass is 9.63. The second-order valence-corrected chi connectivity index (χ2v) is 14.6. The van der Waals surface area contributed by atoms with Crippen LogP contribution < -0.4 is 4.74 Å². The van der Waals surface area contributed by atoms with E-state index in [4.69, 9.17) is 4.74 Å². The lowest BCUT2D eigenvalue weighted by molar-refractivity contribution is -0.119. The topological polar surface area (TPSA) is 46.6 Å². The highest BCUT2D eigenvalue weighted by molar-refractivity contribution is 6.07. The van der Waals surface area contributed by atoms with E-state index in [0.29, 0.717) is 26.0 Å². The highest BCUT2D eigenvalue weighted by atomic mass is 16.5. The predicted molar refractivity (Wildman–Crippen MR) is 180 cm³/mol. The number of nitrogens with zero attached hydrogens (tertiary/aromatic N) is 1. The van der Waals surface area contributed by atoms with Crippen molar-refractivity contribution in [2.75, 3.05) is 0 Å². The van der Waals surface area contributed by atoms with Crippen molar-refractivity contribution in [3.8, 4) is 5.75 Å². The normalized spacial score (nSPS) is 19.5. The van der Waals surface area contributed by atoms with Crippen LogP contribution in [0.15, 0.2) is 120 Å². The molecule has 0 amide bonds. The molecule has 0 saturated heterocycles. The van der Waals surface area contributed by atoms with Crippen molar-refractivity contribution in [1.29, 1.82) is 0 Å². The van der Waals surface area contributed by atoms with Gasteiger partial charge in [-0.1, -0.05) is 119 Å². The molecule has 0 N–H and O–H groups in total. The first-order chi connectivity index (χ1) is 21.6. The van der Waals surface area contributed by atoms with Gasteiger partial charge in [-0.15, -0.1) is 0 Å². The van der Waals surface area contributed by atoms with Gasteiger partial charge in [-0.3, -0.25) is 9.59 Å². The number of carbonyl (C=O) groups is 2. The van der Waals surface area contributed by atoms with Crippen LogP contribution in [0.25, 0.3) is 10.8 Å². The summed E-state index contributed by atoms with van der Waals surface area (Å²) >= 11 is 0. The number of rotatable bonds is 6. The van der Waals surface area contributed by atoms with Crippen molar-refractivity contribution in [3.05, 3.63) is 136 Å². The molecule has 3 aliphatic rings. The maximum atomic E-state index is 14.3. The molecule has 4 aromatic carbocycles. The van der Waals surface area contributed by atoms with Crippen LogP contribution in [0.4, 0.5) is 0 Å². The molecule has 0 radical (unpaired) electrons. The van der Waals surface area contributed by atoms with Gasteiger partial charge in [0.15, 0.2) is 11.6 Å². The molecule has 0 spiro atoms. The number of Topliss-reactive ketones (excluding diaryl/α,β-unsaturated/α-hetero) is 2. The van der Waals surface area contributed by atoms with Gasteiger partial charge in [-0.25, -0.2) is 0 Å². The SMILES string of the molecule is CC1(C)CC(=O)C2=C(C1)N(Cc1ccccc1)C1=C(C(=O)CC(C)(C)C1)C2c1ccccc1OCc1cccc2ccccc12. The minimum Gasteiger partial charge on any atom is -0.489 e. The maximum absolute atomic E-state index is 14.3. The molecule has 0 aromatic heterocycles. The zero-order chi connectivity index (χ0) is 31.3. The highest BCUT2D eigenvalue weighted by Gasteiger charge is 2.49. The molecule has 0 bridgehead atoms. The number of ether oxygens (including phenoxy) is 1. The molecule has 1 aliphatic heterocycles. The summed E-state index contributed by atoms with van der Waals surface area (Å²) in [6, 6.07) is 33.1. The number of allylic oxidation sites excluding steroid dienone is 4. The molecule has 0 atom stereocenters. The first-order valence-corrected chi connectivity index (χ1v) is 16.1. The van der Waals surface area contributed by atoms with Gasteiger partial charge >= 0.3 is 0 Å². The molecule has 228 valence electrons. The average Bonchev–Trinajstić information content (AvgIpc) is 3.00. The number of fused-ring (bicyclic) bond motifs is 1. The van der Waals surface area contributed by atoms with Gasteiger partial charge in [0.25, 0.3) is 0 Å². The van der Waals surface area contributed by atoms with E-state index in [-0.39, 0.29) is 22.4 Å². The Kier molecular flexibility index (Phi) is 7.27. The van der Waals surface area contributed by atoms with E-state index >= 15 is 0 Å². The lowest BCUT2D eigenvalue weighted by Crippen LogP contribution is -2.44. The first-order valence-electron chi connectivity index (χ1n) is 16.1. The number of carbonyl (C=O) groups excluding carboxylic acids is 2. The van der Waals surface area contributed by atoms with Crippen LogP contribution in [0.5, 0.6) is 5.75 Å². The van der Waals surface area contributed by atoms with E-state index in [1.54, 1.807) is 0 Å². The summed E-state index contributed by atoms with van der Waals surface area (Å²) in [6.45, 7) is 9.77. The van der Waals surface area contributed by atoms with Crippen molar-refractivity contribution < 1.29 is 14.3 Å². The fraction of sp³-hybridized carbons (Fsp3) is 0.317. The molecule has 4 nitrogen and oxygen atoms in total. The molecule has 0 saturated carbocycles. The molecule has 7 rings (SSSR count). The van der Waals surface area contributed by atoms with E-state index in [9.17, 15) is 9.59 Å². The number of benzene rings is 4. The second kappa shape index (κ2) is 11.2. The monoisotopic (exact) mass is 595 g/mol. The van der Waals surface area contributed by atoms with Gasteiger partial charge in [0.2, 0.25) is 0 Å². The fourth-order valence-corrected chi connectivity index (χ4v) is 7.74. The van der Waals surface area contributed by atoms with Gasteiger partial charge in [0.1, 0.15) is 12.4 Å². The molecule has 4 heteroatoms. The Hall–Kier alpha value is -4.44. The van der Waals surface area contributed by atoms with Crippen LogP contribution in [0.3, 0.4) is 0 Å². The third kappa shape index (κ3) is 5.52. The fourth-order valence-electron chi connectivity index (χ4n) is 7.74. The molecular formula is C41H41NO3. The van der Waals surface area contributed by atoms with Gasteiger partial charge in [-0.05, 0) is 51.6 Å². The van der Waals surface area contributed by atoms with Crippen LogP contribution in [0.1, 0.15) is 76.0 Å². The summed E-state index contributed by atoms with van der Waals surface area (Å²) < 4.78 is 6.64. The quantitative estimate of drug-likeness (QED) is 0.223. The van der Waals surface area contributed by atoms with Gasteiger partial charge < -0.3 is 9.64 Å². The summed E-state index contributed by atoms with van der Waals surface area (Å²) in [7, 11) is 0. The van der Waals surface area contributed by atoms with E-state index in [2.05, 4.69) is 99.3 Å². The average molecular weight is 596 g/mol. The summed E-state index contributed by atoms with van der Waals surface area (Å²) in [6.07, 6.45) is 2.48. The first kappa shape index (κ1) is 29.3. The van der Waals surface area contributed by atoms with Crippen molar-refractivity contribution >= 4 is 22.3 Å². The van der Waals surface area contributed by atoms with E-state index < -0.39 is 5.92 Å².